The summed E-state index contributed by atoms with van der Waals surface area (Å²) in [5, 5.41) is 4.83. The zero-order chi connectivity index (χ0) is 16.1. The molecular formula is C23H16O. The van der Waals surface area contributed by atoms with Crippen LogP contribution in [0.3, 0.4) is 0 Å². The van der Waals surface area contributed by atoms with Crippen molar-refractivity contribution in [2.24, 2.45) is 0 Å². The summed E-state index contributed by atoms with van der Waals surface area (Å²) in [6.07, 6.45) is 0. The normalized spacial score (nSPS) is 11.5. The molecule has 0 saturated heterocycles. The Balaban J connectivity index is 2.00. The van der Waals surface area contributed by atoms with Crippen LogP contribution in [0.25, 0.3) is 43.8 Å². The van der Waals surface area contributed by atoms with Gasteiger partial charge in [0.15, 0.2) is 0 Å². The first-order valence-electron chi connectivity index (χ1n) is 8.22. The summed E-state index contributed by atoms with van der Waals surface area (Å²) in [5.74, 6) is 0. The maximum absolute atomic E-state index is 6.28. The molecule has 0 spiro atoms. The number of furan rings is 1. The number of fused-ring (bicyclic) bond motifs is 5. The van der Waals surface area contributed by atoms with Gasteiger partial charge in [0, 0.05) is 16.2 Å². The molecule has 1 aromatic heterocycles. The van der Waals surface area contributed by atoms with E-state index in [1.807, 2.05) is 0 Å². The first-order chi connectivity index (χ1) is 11.8. The van der Waals surface area contributed by atoms with Crippen molar-refractivity contribution >= 4 is 32.7 Å². The number of benzene rings is 4. The van der Waals surface area contributed by atoms with Crippen molar-refractivity contribution in [2.45, 2.75) is 6.92 Å². The molecule has 0 fully saturated rings. The van der Waals surface area contributed by atoms with Gasteiger partial charge in [0.2, 0.25) is 0 Å². The van der Waals surface area contributed by atoms with Crippen LogP contribution in [0.15, 0.2) is 83.3 Å². The molecule has 0 bridgehead atoms. The zero-order valence-electron chi connectivity index (χ0n) is 13.4. The van der Waals surface area contributed by atoms with E-state index in [4.69, 9.17) is 4.42 Å². The molecule has 0 aliphatic carbocycles. The Morgan fingerprint density at radius 2 is 1.42 bits per heavy atom. The van der Waals surface area contributed by atoms with Crippen LogP contribution in [0.2, 0.25) is 0 Å². The highest BCUT2D eigenvalue weighted by atomic mass is 16.3. The van der Waals surface area contributed by atoms with Crippen LogP contribution in [0.5, 0.6) is 0 Å². The molecule has 24 heavy (non-hydrogen) atoms. The highest BCUT2D eigenvalue weighted by Gasteiger charge is 2.15. The molecule has 1 nitrogen and oxygen atoms in total. The van der Waals surface area contributed by atoms with Gasteiger partial charge in [-0.2, -0.15) is 0 Å². The third-order valence-electron chi connectivity index (χ3n) is 4.79. The number of hydrogen-bond donors (Lipinski definition) is 0. The molecule has 0 amide bonds. The molecule has 1 heteroatoms. The van der Waals surface area contributed by atoms with Gasteiger partial charge in [-0.3, -0.25) is 0 Å². The second-order valence-corrected chi connectivity index (χ2v) is 6.26. The second kappa shape index (κ2) is 4.97. The summed E-state index contributed by atoms with van der Waals surface area (Å²) >= 11 is 0. The Hall–Kier alpha value is -3.06. The van der Waals surface area contributed by atoms with Gasteiger partial charge < -0.3 is 4.42 Å². The van der Waals surface area contributed by atoms with Gasteiger partial charge in [-0.15, -0.1) is 0 Å². The lowest BCUT2D eigenvalue weighted by Gasteiger charge is -2.05. The van der Waals surface area contributed by atoms with Crippen molar-refractivity contribution < 1.29 is 4.42 Å². The van der Waals surface area contributed by atoms with Gasteiger partial charge in [-0.25, -0.2) is 0 Å². The van der Waals surface area contributed by atoms with Crippen LogP contribution in [-0.2, 0) is 0 Å². The number of hydrogen-bond acceptors (Lipinski definition) is 1. The monoisotopic (exact) mass is 308 g/mol. The van der Waals surface area contributed by atoms with Crippen molar-refractivity contribution in [1.82, 2.24) is 0 Å². The average molecular weight is 308 g/mol. The molecule has 0 aliphatic heterocycles. The summed E-state index contributed by atoms with van der Waals surface area (Å²) in [7, 11) is 0. The van der Waals surface area contributed by atoms with Crippen molar-refractivity contribution in [1.29, 1.82) is 0 Å². The summed E-state index contributed by atoms with van der Waals surface area (Å²) in [5.41, 5.74) is 5.65. The van der Waals surface area contributed by atoms with E-state index < -0.39 is 0 Å². The van der Waals surface area contributed by atoms with Crippen molar-refractivity contribution in [2.75, 3.05) is 0 Å². The highest BCUT2D eigenvalue weighted by molar-refractivity contribution is 6.19. The Bertz CT molecular complexity index is 1200. The third-order valence-corrected chi connectivity index (χ3v) is 4.79. The fourth-order valence-corrected chi connectivity index (χ4v) is 3.69. The van der Waals surface area contributed by atoms with Crippen molar-refractivity contribution in [3.8, 4) is 11.1 Å². The van der Waals surface area contributed by atoms with E-state index in [2.05, 4.69) is 85.8 Å². The van der Waals surface area contributed by atoms with Gasteiger partial charge in [-0.1, -0.05) is 66.7 Å². The van der Waals surface area contributed by atoms with E-state index in [0.29, 0.717) is 0 Å². The van der Waals surface area contributed by atoms with Crippen LogP contribution >= 0.6 is 0 Å². The maximum atomic E-state index is 6.28. The lowest BCUT2D eigenvalue weighted by molar-refractivity contribution is 0.672. The molecule has 0 radical (unpaired) electrons. The molecule has 5 aromatic rings. The predicted molar refractivity (Wildman–Crippen MR) is 101 cm³/mol. The Morgan fingerprint density at radius 1 is 0.667 bits per heavy atom. The maximum Gasteiger partial charge on any atom is 0.143 e. The lowest BCUT2D eigenvalue weighted by atomic mass is 9.96. The summed E-state index contributed by atoms with van der Waals surface area (Å²) in [4.78, 5) is 0. The van der Waals surface area contributed by atoms with Gasteiger partial charge in [0.25, 0.3) is 0 Å². The number of aryl methyl sites for hydroxylation is 1. The minimum Gasteiger partial charge on any atom is -0.455 e. The molecule has 0 saturated carbocycles. The largest absolute Gasteiger partial charge is 0.455 e. The minimum absolute atomic E-state index is 0.946. The third kappa shape index (κ3) is 1.82. The topological polar surface area (TPSA) is 13.1 Å². The van der Waals surface area contributed by atoms with E-state index >= 15 is 0 Å². The van der Waals surface area contributed by atoms with Gasteiger partial charge in [0.05, 0.1) is 0 Å². The lowest BCUT2D eigenvalue weighted by Crippen LogP contribution is -1.81. The minimum atomic E-state index is 0.946. The Morgan fingerprint density at radius 3 is 2.25 bits per heavy atom. The van der Waals surface area contributed by atoms with E-state index in [9.17, 15) is 0 Å². The highest BCUT2D eigenvalue weighted by Crippen LogP contribution is 2.40. The molecule has 0 aliphatic rings. The SMILES string of the molecule is Cc1cc2c(oc3cccc(-c4ccccc4)c32)c2ccccc12. The summed E-state index contributed by atoms with van der Waals surface area (Å²) < 4.78 is 6.28. The Labute approximate surface area is 140 Å². The predicted octanol–water partition coefficient (Wildman–Crippen LogP) is 6.71. The van der Waals surface area contributed by atoms with E-state index in [1.165, 1.54) is 38.2 Å². The van der Waals surface area contributed by atoms with E-state index in [1.54, 1.807) is 0 Å². The molecule has 4 aromatic carbocycles. The van der Waals surface area contributed by atoms with E-state index in [-0.39, 0.29) is 0 Å². The first-order valence-corrected chi connectivity index (χ1v) is 8.22. The quantitative estimate of drug-likeness (QED) is 0.335. The van der Waals surface area contributed by atoms with Crippen LogP contribution < -0.4 is 0 Å². The van der Waals surface area contributed by atoms with Crippen LogP contribution in [0.4, 0.5) is 0 Å². The molecular weight excluding hydrogens is 292 g/mol. The van der Waals surface area contributed by atoms with Gasteiger partial charge in [0.1, 0.15) is 11.2 Å². The molecule has 0 N–H and O–H groups in total. The fraction of sp³-hybridized carbons (Fsp3) is 0.0435. The molecule has 5 rings (SSSR count). The summed E-state index contributed by atoms with van der Waals surface area (Å²) in [6.45, 7) is 2.17. The molecule has 0 unspecified atom stereocenters. The zero-order valence-corrected chi connectivity index (χ0v) is 13.4. The summed E-state index contributed by atoms with van der Waals surface area (Å²) in [6, 6.07) is 27.6. The van der Waals surface area contributed by atoms with Crippen molar-refractivity contribution in [3.05, 3.63) is 84.4 Å². The van der Waals surface area contributed by atoms with E-state index in [0.717, 1.165) is 11.2 Å². The van der Waals surface area contributed by atoms with Gasteiger partial charge >= 0.3 is 0 Å². The molecule has 1 heterocycles. The van der Waals surface area contributed by atoms with Crippen molar-refractivity contribution in [3.63, 3.8) is 0 Å². The van der Waals surface area contributed by atoms with Crippen LogP contribution in [-0.4, -0.2) is 0 Å². The standard InChI is InChI=1S/C23H16O/c1-15-14-20-22-18(16-8-3-2-4-9-16)12-7-13-21(22)24-23(20)19-11-6-5-10-17(15)19/h2-14H,1H3. The first kappa shape index (κ1) is 13.4. The smallest absolute Gasteiger partial charge is 0.143 e. The molecule has 114 valence electrons. The Kier molecular flexibility index (Phi) is 2.77. The van der Waals surface area contributed by atoms with Gasteiger partial charge in [-0.05, 0) is 41.1 Å². The second-order valence-electron chi connectivity index (χ2n) is 6.26. The fourth-order valence-electron chi connectivity index (χ4n) is 3.69. The van der Waals surface area contributed by atoms with Crippen LogP contribution in [0.1, 0.15) is 5.56 Å². The molecule has 0 atom stereocenters. The average Bonchev–Trinajstić information content (AvgIpc) is 3.02. The van der Waals surface area contributed by atoms with Crippen LogP contribution in [0, 0.1) is 6.92 Å². The number of rotatable bonds is 1.